The van der Waals surface area contributed by atoms with Crippen molar-refractivity contribution in [1.82, 2.24) is 20.1 Å². The summed E-state index contributed by atoms with van der Waals surface area (Å²) in [5.74, 6) is 2.01. The smallest absolute Gasteiger partial charge is 0.240 e. The van der Waals surface area contributed by atoms with E-state index in [0.29, 0.717) is 16.5 Å². The van der Waals surface area contributed by atoms with E-state index in [2.05, 4.69) is 22.4 Å². The fourth-order valence-electron chi connectivity index (χ4n) is 2.69. The maximum absolute atomic E-state index is 12.2. The first kappa shape index (κ1) is 15.9. The Morgan fingerprint density at radius 2 is 2.13 bits per heavy atom. The highest BCUT2D eigenvalue weighted by Gasteiger charge is 2.27. The van der Waals surface area contributed by atoms with Gasteiger partial charge in [0.1, 0.15) is 6.54 Å². The molecule has 1 atom stereocenters. The number of carbonyl (C=O) groups is 1. The Morgan fingerprint density at radius 1 is 1.43 bits per heavy atom. The van der Waals surface area contributed by atoms with Crippen molar-refractivity contribution in [1.29, 1.82) is 0 Å². The summed E-state index contributed by atoms with van der Waals surface area (Å²) in [6.45, 7) is 5.15. The number of rotatable bonds is 6. The van der Waals surface area contributed by atoms with E-state index in [4.69, 9.17) is 12.2 Å². The van der Waals surface area contributed by atoms with E-state index in [1.165, 1.54) is 18.4 Å². The van der Waals surface area contributed by atoms with Crippen LogP contribution < -0.4 is 5.32 Å². The zero-order valence-electron chi connectivity index (χ0n) is 13.5. The molecule has 122 valence electrons. The molecule has 1 aromatic heterocycles. The molecular formula is C17H22N4OS. The van der Waals surface area contributed by atoms with E-state index in [0.717, 1.165) is 18.0 Å². The molecule has 0 saturated heterocycles. The van der Waals surface area contributed by atoms with Gasteiger partial charge in [-0.15, -0.1) is 0 Å². The van der Waals surface area contributed by atoms with Crippen LogP contribution in [0.1, 0.15) is 25.3 Å². The number of aromatic amines is 1. The van der Waals surface area contributed by atoms with E-state index in [1.807, 2.05) is 31.2 Å². The minimum absolute atomic E-state index is 0.0247. The van der Waals surface area contributed by atoms with Crippen LogP contribution in [0.15, 0.2) is 24.3 Å². The lowest BCUT2D eigenvalue weighted by Gasteiger charge is -2.12. The SMILES string of the molecule is Cc1ccc(-c2n[nH]c(=S)n2CC(=O)NC[C@@H](C)C2CC2)cc1. The molecule has 6 heteroatoms. The van der Waals surface area contributed by atoms with Gasteiger partial charge in [-0.2, -0.15) is 5.10 Å². The van der Waals surface area contributed by atoms with Crippen molar-refractivity contribution in [3.63, 3.8) is 0 Å². The molecule has 5 nitrogen and oxygen atoms in total. The molecule has 0 spiro atoms. The molecule has 2 aromatic rings. The monoisotopic (exact) mass is 330 g/mol. The van der Waals surface area contributed by atoms with Gasteiger partial charge in [-0.3, -0.25) is 14.5 Å². The lowest BCUT2D eigenvalue weighted by molar-refractivity contribution is -0.121. The predicted octanol–water partition coefficient (Wildman–Crippen LogP) is 3.08. The van der Waals surface area contributed by atoms with Gasteiger partial charge in [0.2, 0.25) is 5.91 Å². The Hall–Kier alpha value is -1.95. The van der Waals surface area contributed by atoms with Gasteiger partial charge in [-0.05, 0) is 43.8 Å². The lowest BCUT2D eigenvalue weighted by Crippen LogP contribution is -2.32. The fourth-order valence-corrected chi connectivity index (χ4v) is 2.89. The highest BCUT2D eigenvalue weighted by Crippen LogP contribution is 2.36. The van der Waals surface area contributed by atoms with Gasteiger partial charge in [0, 0.05) is 12.1 Å². The third-order valence-electron chi connectivity index (χ3n) is 4.42. The summed E-state index contributed by atoms with van der Waals surface area (Å²) < 4.78 is 2.21. The van der Waals surface area contributed by atoms with Crippen molar-refractivity contribution in [2.75, 3.05) is 6.54 Å². The van der Waals surface area contributed by atoms with Gasteiger partial charge in [-0.1, -0.05) is 36.8 Å². The second-order valence-electron chi connectivity index (χ2n) is 6.42. The standard InChI is InChI=1S/C17H22N4OS/c1-11-3-5-14(6-4-11)16-19-20-17(23)21(16)10-15(22)18-9-12(2)13-7-8-13/h3-6,12-13H,7-10H2,1-2H3,(H,18,22)(H,20,23)/t12-/m1/s1. The number of nitrogens with one attached hydrogen (secondary N) is 2. The first-order valence-corrected chi connectivity index (χ1v) is 8.44. The molecule has 1 saturated carbocycles. The number of carbonyl (C=O) groups excluding carboxylic acids is 1. The van der Waals surface area contributed by atoms with Gasteiger partial charge in [0.15, 0.2) is 10.6 Å². The van der Waals surface area contributed by atoms with Crippen molar-refractivity contribution in [2.45, 2.75) is 33.2 Å². The number of hydrogen-bond donors (Lipinski definition) is 2. The van der Waals surface area contributed by atoms with E-state index >= 15 is 0 Å². The Labute approximate surface area is 141 Å². The topological polar surface area (TPSA) is 62.7 Å². The maximum atomic E-state index is 12.2. The number of benzene rings is 1. The van der Waals surface area contributed by atoms with Crippen LogP contribution in [0.25, 0.3) is 11.4 Å². The Bertz CT molecular complexity index is 743. The zero-order chi connectivity index (χ0) is 16.4. The fraction of sp³-hybridized carbons (Fsp3) is 0.471. The molecule has 2 N–H and O–H groups in total. The van der Waals surface area contributed by atoms with Gasteiger partial charge >= 0.3 is 0 Å². The van der Waals surface area contributed by atoms with Crippen molar-refractivity contribution in [2.24, 2.45) is 11.8 Å². The number of hydrogen-bond acceptors (Lipinski definition) is 3. The molecule has 1 aromatic carbocycles. The van der Waals surface area contributed by atoms with Crippen LogP contribution in [0.2, 0.25) is 0 Å². The number of amides is 1. The van der Waals surface area contributed by atoms with Crippen molar-refractivity contribution < 1.29 is 4.79 Å². The highest BCUT2D eigenvalue weighted by atomic mass is 32.1. The van der Waals surface area contributed by atoms with Gasteiger partial charge in [0.05, 0.1) is 0 Å². The molecule has 0 radical (unpaired) electrons. The summed E-state index contributed by atoms with van der Waals surface area (Å²) in [6, 6.07) is 8.03. The molecule has 1 amide bonds. The number of H-pyrrole nitrogens is 1. The average Bonchev–Trinajstić information content (AvgIpc) is 3.32. The van der Waals surface area contributed by atoms with Gasteiger partial charge < -0.3 is 5.32 Å². The van der Waals surface area contributed by atoms with Crippen LogP contribution >= 0.6 is 12.2 Å². The summed E-state index contributed by atoms with van der Waals surface area (Å²) in [5.41, 5.74) is 2.13. The highest BCUT2D eigenvalue weighted by molar-refractivity contribution is 7.71. The van der Waals surface area contributed by atoms with Crippen LogP contribution in [-0.4, -0.2) is 27.2 Å². The van der Waals surface area contributed by atoms with E-state index in [-0.39, 0.29) is 12.5 Å². The summed E-state index contributed by atoms with van der Waals surface area (Å²) in [7, 11) is 0. The molecule has 3 rings (SSSR count). The van der Waals surface area contributed by atoms with Crippen LogP contribution in [0.5, 0.6) is 0 Å². The molecule has 1 fully saturated rings. The van der Waals surface area contributed by atoms with Crippen molar-refractivity contribution in [3.05, 3.63) is 34.6 Å². The largest absolute Gasteiger partial charge is 0.354 e. The number of aromatic nitrogens is 3. The van der Waals surface area contributed by atoms with E-state index < -0.39 is 0 Å². The zero-order valence-corrected chi connectivity index (χ0v) is 14.3. The molecule has 1 aliphatic carbocycles. The van der Waals surface area contributed by atoms with Crippen LogP contribution in [0, 0.1) is 23.5 Å². The van der Waals surface area contributed by atoms with E-state index in [1.54, 1.807) is 4.57 Å². The normalized spacial score (nSPS) is 15.4. The summed E-state index contributed by atoms with van der Waals surface area (Å²) in [6.07, 6.45) is 2.59. The van der Waals surface area contributed by atoms with Crippen LogP contribution in [-0.2, 0) is 11.3 Å². The third kappa shape index (κ3) is 3.88. The molecule has 1 aliphatic rings. The molecule has 1 heterocycles. The van der Waals surface area contributed by atoms with E-state index in [9.17, 15) is 4.79 Å². The Morgan fingerprint density at radius 3 is 2.78 bits per heavy atom. The lowest BCUT2D eigenvalue weighted by atomic mass is 10.1. The minimum Gasteiger partial charge on any atom is -0.354 e. The van der Waals surface area contributed by atoms with Gasteiger partial charge in [-0.25, -0.2) is 0 Å². The van der Waals surface area contributed by atoms with Gasteiger partial charge in [0.25, 0.3) is 0 Å². The van der Waals surface area contributed by atoms with Crippen LogP contribution in [0.3, 0.4) is 0 Å². The molecule has 0 unspecified atom stereocenters. The van der Waals surface area contributed by atoms with Crippen molar-refractivity contribution >= 4 is 18.1 Å². The maximum Gasteiger partial charge on any atom is 0.240 e. The average molecular weight is 330 g/mol. The first-order chi connectivity index (χ1) is 11.0. The third-order valence-corrected chi connectivity index (χ3v) is 4.73. The first-order valence-electron chi connectivity index (χ1n) is 8.03. The van der Waals surface area contributed by atoms with Crippen molar-refractivity contribution in [3.8, 4) is 11.4 Å². The van der Waals surface area contributed by atoms with Crippen LogP contribution in [0.4, 0.5) is 0 Å². The summed E-state index contributed by atoms with van der Waals surface area (Å²) >= 11 is 5.27. The second-order valence-corrected chi connectivity index (χ2v) is 6.81. The number of aryl methyl sites for hydroxylation is 1. The Balaban J connectivity index is 1.69. The predicted molar refractivity (Wildman–Crippen MR) is 92.5 cm³/mol. The second kappa shape index (κ2) is 6.66. The quantitative estimate of drug-likeness (QED) is 0.800. The molecule has 23 heavy (non-hydrogen) atoms. The molecule has 0 bridgehead atoms. The molecule has 0 aliphatic heterocycles. The number of nitrogens with zero attached hydrogens (tertiary/aromatic N) is 2. The summed E-state index contributed by atoms with van der Waals surface area (Å²) in [4.78, 5) is 12.2. The Kier molecular flexibility index (Phi) is 4.61. The summed E-state index contributed by atoms with van der Waals surface area (Å²) in [5, 5.41) is 10.1. The molecular weight excluding hydrogens is 308 g/mol. The minimum atomic E-state index is -0.0247.